The normalized spacial score (nSPS) is 37.4. The zero-order valence-electron chi connectivity index (χ0n) is 19.7. The van der Waals surface area contributed by atoms with E-state index in [9.17, 15) is 0 Å². The molecule has 6 atom stereocenters. The molecule has 0 amide bonds. The molecule has 2 aliphatic heterocycles. The Morgan fingerprint density at radius 1 is 0.462 bits per heavy atom. The molecular weight excluding hydrogens is 320 g/mol. The van der Waals surface area contributed by atoms with Crippen molar-refractivity contribution in [2.75, 3.05) is 0 Å². The average Bonchev–Trinajstić information content (AvgIpc) is 2.40. The second kappa shape index (κ2) is 6.76. The second-order valence-electron chi connectivity index (χ2n) is 13.3. The molecule has 2 nitrogen and oxygen atoms in total. The van der Waals surface area contributed by atoms with Crippen LogP contribution in [0.3, 0.4) is 0 Å². The molecule has 2 saturated heterocycles. The molecule has 0 aromatic carbocycles. The molecule has 0 radical (unpaired) electrons. The van der Waals surface area contributed by atoms with Crippen molar-refractivity contribution in [1.29, 1.82) is 0 Å². The van der Waals surface area contributed by atoms with Crippen molar-refractivity contribution < 1.29 is 9.47 Å². The molecule has 0 spiro atoms. The van der Waals surface area contributed by atoms with Gasteiger partial charge in [0.15, 0.2) is 0 Å². The first-order valence-corrected chi connectivity index (χ1v) is 10.7. The van der Waals surface area contributed by atoms with Crippen molar-refractivity contribution >= 4 is 0 Å². The lowest BCUT2D eigenvalue weighted by atomic mass is 9.62. The fourth-order valence-corrected chi connectivity index (χ4v) is 5.13. The lowest BCUT2D eigenvalue weighted by molar-refractivity contribution is -0.271. The van der Waals surface area contributed by atoms with E-state index >= 15 is 0 Å². The highest BCUT2D eigenvalue weighted by molar-refractivity contribution is 5.01. The Bertz CT molecular complexity index is 390. The van der Waals surface area contributed by atoms with E-state index in [1.165, 1.54) is 0 Å². The molecule has 2 heterocycles. The molecule has 154 valence electrons. The fourth-order valence-electron chi connectivity index (χ4n) is 5.13. The summed E-state index contributed by atoms with van der Waals surface area (Å²) >= 11 is 0. The van der Waals surface area contributed by atoms with Gasteiger partial charge in [0.05, 0.1) is 24.4 Å². The summed E-state index contributed by atoms with van der Waals surface area (Å²) in [6.07, 6.45) is 3.30. The van der Waals surface area contributed by atoms with Gasteiger partial charge in [0, 0.05) is 0 Å². The van der Waals surface area contributed by atoms with Gasteiger partial charge in [-0.25, -0.2) is 0 Å². The maximum atomic E-state index is 6.86. The van der Waals surface area contributed by atoms with Crippen LogP contribution in [0.2, 0.25) is 0 Å². The molecule has 26 heavy (non-hydrogen) atoms. The number of fused-ring (bicyclic) bond motifs is 1. The van der Waals surface area contributed by atoms with E-state index in [1.54, 1.807) is 0 Å². The van der Waals surface area contributed by atoms with E-state index in [0.717, 1.165) is 12.8 Å². The Labute approximate surface area is 163 Å². The highest BCUT2D eigenvalue weighted by atomic mass is 16.6. The monoisotopic (exact) mass is 366 g/mol. The van der Waals surface area contributed by atoms with Crippen LogP contribution in [-0.2, 0) is 9.47 Å². The number of hydrogen-bond acceptors (Lipinski definition) is 2. The first-order valence-electron chi connectivity index (χ1n) is 10.7. The summed E-state index contributed by atoms with van der Waals surface area (Å²) < 4.78 is 13.7. The van der Waals surface area contributed by atoms with Gasteiger partial charge in [-0.3, -0.25) is 0 Å². The van der Waals surface area contributed by atoms with Gasteiger partial charge in [-0.15, -0.1) is 0 Å². The Morgan fingerprint density at radius 2 is 0.731 bits per heavy atom. The molecule has 6 unspecified atom stereocenters. The summed E-state index contributed by atoms with van der Waals surface area (Å²) in [6.45, 7) is 28.2. The van der Waals surface area contributed by atoms with Crippen molar-refractivity contribution in [3.8, 4) is 0 Å². The summed E-state index contributed by atoms with van der Waals surface area (Å²) in [6, 6.07) is 0. The molecule has 0 saturated carbocycles. The van der Waals surface area contributed by atoms with Gasteiger partial charge in [-0.2, -0.15) is 0 Å². The summed E-state index contributed by atoms with van der Waals surface area (Å²) in [5.74, 6) is 1.05. The van der Waals surface area contributed by atoms with Gasteiger partial charge >= 0.3 is 0 Å². The van der Waals surface area contributed by atoms with Crippen molar-refractivity contribution in [3.63, 3.8) is 0 Å². The van der Waals surface area contributed by atoms with Crippen LogP contribution in [-0.4, -0.2) is 24.4 Å². The highest BCUT2D eigenvalue weighted by Crippen LogP contribution is 2.52. The SMILES string of the molecule is CC(C)(C)C1CC2OC(C(C)(C)C)C(C(C)(C)C)CC2OC1C(C)(C)C. The van der Waals surface area contributed by atoms with Crippen LogP contribution in [0.25, 0.3) is 0 Å². The fraction of sp³-hybridized carbons (Fsp3) is 1.00. The molecule has 0 aliphatic carbocycles. The first kappa shape index (κ1) is 22.2. The Balaban J connectivity index is 2.35. The van der Waals surface area contributed by atoms with Gasteiger partial charge in [0.2, 0.25) is 0 Å². The molecule has 2 aliphatic rings. The molecule has 2 heteroatoms. The van der Waals surface area contributed by atoms with E-state index in [4.69, 9.17) is 9.47 Å². The number of hydrogen-bond donors (Lipinski definition) is 0. The number of ether oxygens (including phenoxy) is 2. The maximum absolute atomic E-state index is 6.86. The third kappa shape index (κ3) is 4.66. The molecule has 0 aromatic rings. The average molecular weight is 367 g/mol. The minimum atomic E-state index is 0.154. The van der Waals surface area contributed by atoms with Crippen LogP contribution >= 0.6 is 0 Å². The third-order valence-corrected chi connectivity index (χ3v) is 6.69. The zero-order valence-corrected chi connectivity index (χ0v) is 19.7. The minimum Gasteiger partial charge on any atom is -0.371 e. The second-order valence-corrected chi connectivity index (χ2v) is 13.3. The topological polar surface area (TPSA) is 18.5 Å². The first-order chi connectivity index (χ1) is 11.4. The van der Waals surface area contributed by atoms with E-state index in [0.29, 0.717) is 24.0 Å². The van der Waals surface area contributed by atoms with Gasteiger partial charge in [-0.1, -0.05) is 83.1 Å². The van der Waals surface area contributed by atoms with E-state index in [-0.39, 0.29) is 33.9 Å². The van der Waals surface area contributed by atoms with Crippen LogP contribution in [0.5, 0.6) is 0 Å². The van der Waals surface area contributed by atoms with E-state index in [1.807, 2.05) is 0 Å². The predicted molar refractivity (Wildman–Crippen MR) is 111 cm³/mol. The van der Waals surface area contributed by atoms with Gasteiger partial charge in [0.1, 0.15) is 0 Å². The van der Waals surface area contributed by atoms with Crippen LogP contribution in [0, 0.1) is 33.5 Å². The summed E-state index contributed by atoms with van der Waals surface area (Å²) in [5.41, 5.74) is 0.761. The van der Waals surface area contributed by atoms with Crippen molar-refractivity contribution in [1.82, 2.24) is 0 Å². The zero-order chi connectivity index (χ0) is 20.3. The number of rotatable bonds is 0. The molecule has 0 bridgehead atoms. The molecule has 0 N–H and O–H groups in total. The van der Waals surface area contributed by atoms with Crippen LogP contribution in [0.4, 0.5) is 0 Å². The summed E-state index contributed by atoms with van der Waals surface area (Å²) in [5, 5.41) is 0. The minimum absolute atomic E-state index is 0.154. The Kier molecular flexibility index (Phi) is 5.78. The molecule has 2 fully saturated rings. The Hall–Kier alpha value is -0.0800. The lowest BCUT2D eigenvalue weighted by Crippen LogP contribution is -2.60. The van der Waals surface area contributed by atoms with Crippen LogP contribution < -0.4 is 0 Å². The van der Waals surface area contributed by atoms with Crippen molar-refractivity contribution in [3.05, 3.63) is 0 Å². The lowest BCUT2D eigenvalue weighted by Gasteiger charge is -2.57. The van der Waals surface area contributed by atoms with Crippen molar-refractivity contribution in [2.24, 2.45) is 33.5 Å². The standard InChI is InChI=1S/C24H46O2/c1-21(2,3)15-13-17-18(25-19(15)23(7,8)9)14-16(22(4,5)6)20(26-17)24(10,11)12/h15-20H,13-14H2,1-12H3. The van der Waals surface area contributed by atoms with Gasteiger partial charge in [-0.05, 0) is 46.3 Å². The van der Waals surface area contributed by atoms with E-state index in [2.05, 4.69) is 83.1 Å². The van der Waals surface area contributed by atoms with Crippen LogP contribution in [0.15, 0.2) is 0 Å². The van der Waals surface area contributed by atoms with Gasteiger partial charge in [0.25, 0.3) is 0 Å². The molecular formula is C24H46O2. The Morgan fingerprint density at radius 3 is 0.923 bits per heavy atom. The summed E-state index contributed by atoms with van der Waals surface area (Å²) in [4.78, 5) is 0. The molecule has 0 aromatic heterocycles. The summed E-state index contributed by atoms with van der Waals surface area (Å²) in [7, 11) is 0. The van der Waals surface area contributed by atoms with Crippen LogP contribution in [0.1, 0.15) is 95.9 Å². The van der Waals surface area contributed by atoms with E-state index < -0.39 is 0 Å². The highest BCUT2D eigenvalue weighted by Gasteiger charge is 2.54. The maximum Gasteiger partial charge on any atom is 0.0844 e. The molecule has 2 rings (SSSR count). The quantitative estimate of drug-likeness (QED) is 0.474. The smallest absolute Gasteiger partial charge is 0.0844 e. The predicted octanol–water partition coefficient (Wildman–Crippen LogP) is 6.72. The van der Waals surface area contributed by atoms with Gasteiger partial charge < -0.3 is 9.47 Å². The van der Waals surface area contributed by atoms with Crippen molar-refractivity contribution in [2.45, 2.75) is 120 Å². The third-order valence-electron chi connectivity index (χ3n) is 6.69. The largest absolute Gasteiger partial charge is 0.371 e.